The second-order valence-corrected chi connectivity index (χ2v) is 2.57. The zero-order chi connectivity index (χ0) is 8.32. The molecule has 1 atom stereocenters. The van der Waals surface area contributed by atoms with Gasteiger partial charge in [-0.2, -0.15) is 0 Å². The summed E-state index contributed by atoms with van der Waals surface area (Å²) < 4.78 is 4.58. The van der Waals surface area contributed by atoms with Crippen LogP contribution in [-0.2, 0) is 9.53 Å². The zero-order valence-corrected chi connectivity index (χ0v) is 6.52. The summed E-state index contributed by atoms with van der Waals surface area (Å²) in [6.07, 6.45) is 6.84. The fraction of sp³-hybridized carbons (Fsp3) is 0.625. The van der Waals surface area contributed by atoms with E-state index < -0.39 is 5.54 Å². The lowest BCUT2D eigenvalue weighted by Crippen LogP contribution is -2.46. The lowest BCUT2D eigenvalue weighted by molar-refractivity contribution is -0.145. The first-order valence-corrected chi connectivity index (χ1v) is 3.56. The molecule has 11 heavy (non-hydrogen) atoms. The number of hydrogen-bond acceptors (Lipinski definition) is 3. The topological polar surface area (TPSA) is 38.3 Å². The predicted octanol–water partition coefficient (Wildman–Crippen LogP) is -0.0852. The summed E-state index contributed by atoms with van der Waals surface area (Å²) in [7, 11) is 1.35. The number of methoxy groups -OCH3 is 1. The first-order valence-electron chi connectivity index (χ1n) is 3.56. The molecule has 1 saturated heterocycles. The molecule has 1 aliphatic heterocycles. The second kappa shape index (κ2) is 2.93. The van der Waals surface area contributed by atoms with E-state index in [4.69, 9.17) is 6.42 Å². The standard InChI is InChI=1S/C8H11NO2/c1-3-8(7(10)11-2)5-4-6-9-8/h1,9H,4-6H2,2H3/t8-/m0/s1. The Morgan fingerprint density at radius 1 is 1.82 bits per heavy atom. The minimum atomic E-state index is -0.839. The molecule has 0 saturated carbocycles. The fourth-order valence-electron chi connectivity index (χ4n) is 1.27. The van der Waals surface area contributed by atoms with Crippen LogP contribution in [0.1, 0.15) is 12.8 Å². The molecule has 0 spiro atoms. The van der Waals surface area contributed by atoms with E-state index >= 15 is 0 Å². The van der Waals surface area contributed by atoms with Crippen LogP contribution < -0.4 is 5.32 Å². The van der Waals surface area contributed by atoms with E-state index in [-0.39, 0.29) is 5.97 Å². The van der Waals surface area contributed by atoms with Crippen molar-refractivity contribution in [1.29, 1.82) is 0 Å². The van der Waals surface area contributed by atoms with E-state index in [0.29, 0.717) is 6.42 Å². The van der Waals surface area contributed by atoms with Gasteiger partial charge in [-0.3, -0.25) is 5.32 Å². The molecule has 1 N–H and O–H groups in total. The molecule has 0 aromatic carbocycles. The molecule has 0 unspecified atom stereocenters. The molecule has 0 bridgehead atoms. The van der Waals surface area contributed by atoms with Gasteiger partial charge in [-0.1, -0.05) is 5.92 Å². The quantitative estimate of drug-likeness (QED) is 0.423. The molecular weight excluding hydrogens is 142 g/mol. The average Bonchev–Trinajstić information content (AvgIpc) is 2.52. The SMILES string of the molecule is C#C[C@@]1(C(=O)OC)CCCN1. The van der Waals surface area contributed by atoms with Crippen LogP contribution in [0.3, 0.4) is 0 Å². The van der Waals surface area contributed by atoms with Gasteiger partial charge in [0.15, 0.2) is 5.54 Å². The van der Waals surface area contributed by atoms with Gasteiger partial charge in [0.2, 0.25) is 0 Å². The van der Waals surface area contributed by atoms with Crippen LogP contribution in [-0.4, -0.2) is 25.2 Å². The van der Waals surface area contributed by atoms with Crippen LogP contribution >= 0.6 is 0 Å². The Morgan fingerprint density at radius 3 is 2.91 bits per heavy atom. The van der Waals surface area contributed by atoms with Crippen LogP contribution in [0, 0.1) is 12.3 Å². The third-order valence-corrected chi connectivity index (χ3v) is 1.94. The van der Waals surface area contributed by atoms with Gasteiger partial charge in [0.1, 0.15) is 0 Å². The van der Waals surface area contributed by atoms with Crippen molar-refractivity contribution in [3.63, 3.8) is 0 Å². The average molecular weight is 153 g/mol. The number of esters is 1. The first-order chi connectivity index (χ1) is 5.25. The van der Waals surface area contributed by atoms with E-state index in [1.807, 2.05) is 0 Å². The normalized spacial score (nSPS) is 29.5. The molecule has 3 nitrogen and oxygen atoms in total. The van der Waals surface area contributed by atoms with Crippen molar-refractivity contribution in [2.75, 3.05) is 13.7 Å². The molecule has 1 rings (SSSR count). The number of hydrogen-bond donors (Lipinski definition) is 1. The van der Waals surface area contributed by atoms with Crippen molar-refractivity contribution in [2.45, 2.75) is 18.4 Å². The highest BCUT2D eigenvalue weighted by Crippen LogP contribution is 2.19. The largest absolute Gasteiger partial charge is 0.467 e. The van der Waals surface area contributed by atoms with E-state index in [0.717, 1.165) is 13.0 Å². The summed E-state index contributed by atoms with van der Waals surface area (Å²) in [6.45, 7) is 0.791. The molecule has 1 fully saturated rings. The molecule has 0 aliphatic carbocycles. The molecule has 60 valence electrons. The lowest BCUT2D eigenvalue weighted by atomic mass is 9.99. The predicted molar refractivity (Wildman–Crippen MR) is 40.8 cm³/mol. The van der Waals surface area contributed by atoms with Gasteiger partial charge in [0.25, 0.3) is 0 Å². The lowest BCUT2D eigenvalue weighted by Gasteiger charge is -2.18. The van der Waals surface area contributed by atoms with Crippen LogP contribution in [0.4, 0.5) is 0 Å². The van der Waals surface area contributed by atoms with Gasteiger partial charge in [-0.25, -0.2) is 4.79 Å². The van der Waals surface area contributed by atoms with Crippen molar-refractivity contribution in [1.82, 2.24) is 5.32 Å². The summed E-state index contributed by atoms with van der Waals surface area (Å²) in [5.41, 5.74) is -0.839. The van der Waals surface area contributed by atoms with Gasteiger partial charge in [-0.15, -0.1) is 6.42 Å². The molecule has 1 heterocycles. The Morgan fingerprint density at radius 2 is 2.55 bits per heavy atom. The highest BCUT2D eigenvalue weighted by atomic mass is 16.5. The molecule has 0 aromatic rings. The molecule has 0 amide bonds. The maximum Gasteiger partial charge on any atom is 0.338 e. The van der Waals surface area contributed by atoms with Crippen LogP contribution in [0.2, 0.25) is 0 Å². The Balaban J connectivity index is 2.76. The zero-order valence-electron chi connectivity index (χ0n) is 6.52. The summed E-state index contributed by atoms with van der Waals surface area (Å²) >= 11 is 0. The first kappa shape index (κ1) is 8.09. The van der Waals surface area contributed by atoms with E-state index in [1.54, 1.807) is 0 Å². The minimum Gasteiger partial charge on any atom is -0.467 e. The Kier molecular flexibility index (Phi) is 2.16. The highest BCUT2D eigenvalue weighted by molar-refractivity contribution is 5.85. The smallest absolute Gasteiger partial charge is 0.338 e. The Bertz CT molecular complexity index is 199. The van der Waals surface area contributed by atoms with Gasteiger partial charge in [0.05, 0.1) is 7.11 Å². The van der Waals surface area contributed by atoms with Crippen LogP contribution in [0.25, 0.3) is 0 Å². The molecule has 1 aliphatic rings. The number of carbonyl (C=O) groups is 1. The second-order valence-electron chi connectivity index (χ2n) is 2.57. The number of rotatable bonds is 1. The van der Waals surface area contributed by atoms with E-state index in [1.165, 1.54) is 7.11 Å². The maximum atomic E-state index is 11.1. The summed E-state index contributed by atoms with van der Waals surface area (Å²) in [4.78, 5) is 11.1. The highest BCUT2D eigenvalue weighted by Gasteiger charge is 2.40. The van der Waals surface area contributed by atoms with Crippen molar-refractivity contribution in [3.8, 4) is 12.3 Å². The number of ether oxygens (including phenoxy) is 1. The number of terminal acetylenes is 1. The molecule has 3 heteroatoms. The molecule has 0 radical (unpaired) electrons. The van der Waals surface area contributed by atoms with Crippen LogP contribution in [0.5, 0.6) is 0 Å². The van der Waals surface area contributed by atoms with Crippen molar-refractivity contribution in [3.05, 3.63) is 0 Å². The van der Waals surface area contributed by atoms with Gasteiger partial charge >= 0.3 is 5.97 Å². The van der Waals surface area contributed by atoms with Gasteiger partial charge < -0.3 is 4.74 Å². The third-order valence-electron chi connectivity index (χ3n) is 1.94. The maximum absolute atomic E-state index is 11.1. The van der Waals surface area contributed by atoms with Gasteiger partial charge in [0, 0.05) is 0 Å². The Hall–Kier alpha value is -1.01. The van der Waals surface area contributed by atoms with Crippen molar-refractivity contribution >= 4 is 5.97 Å². The monoisotopic (exact) mass is 153 g/mol. The third kappa shape index (κ3) is 1.22. The number of nitrogens with one attached hydrogen (secondary N) is 1. The van der Waals surface area contributed by atoms with E-state index in [9.17, 15) is 4.79 Å². The molecule has 0 aromatic heterocycles. The molecular formula is C8H11NO2. The fourth-order valence-corrected chi connectivity index (χ4v) is 1.27. The summed E-state index contributed by atoms with van der Waals surface area (Å²) in [5, 5.41) is 2.96. The van der Waals surface area contributed by atoms with Crippen LogP contribution in [0.15, 0.2) is 0 Å². The summed E-state index contributed by atoms with van der Waals surface area (Å²) in [6, 6.07) is 0. The van der Waals surface area contributed by atoms with Gasteiger partial charge in [-0.05, 0) is 19.4 Å². The minimum absolute atomic E-state index is 0.350. The Labute approximate surface area is 66.1 Å². The van der Waals surface area contributed by atoms with E-state index in [2.05, 4.69) is 16.0 Å². The van der Waals surface area contributed by atoms with Crippen molar-refractivity contribution in [2.24, 2.45) is 0 Å². The number of carbonyl (C=O) groups excluding carboxylic acids is 1. The summed E-state index contributed by atoms with van der Waals surface area (Å²) in [5.74, 6) is 2.09. The van der Waals surface area contributed by atoms with Crippen molar-refractivity contribution < 1.29 is 9.53 Å².